The Labute approximate surface area is 301 Å². The van der Waals surface area contributed by atoms with Gasteiger partial charge in [-0.05, 0) is 51.2 Å². The fraction of sp³-hybridized carbons (Fsp3) is 0. The van der Waals surface area contributed by atoms with Crippen molar-refractivity contribution in [1.82, 2.24) is 19.9 Å². The van der Waals surface area contributed by atoms with E-state index in [4.69, 9.17) is 26.5 Å². The average molecular weight is 664 g/mol. The maximum Gasteiger partial charge on any atom is 0.187 e. The van der Waals surface area contributed by atoms with Crippen LogP contribution in [-0.2, 0) is 0 Å². The number of hydrogen-bond donors (Lipinski definition) is 0. The molecule has 0 aliphatic carbocycles. The summed E-state index contributed by atoms with van der Waals surface area (Å²) in [6.45, 7) is 7.47. The summed E-state index contributed by atoms with van der Waals surface area (Å²) in [5.41, 5.74) is 10.6. The largest absolute Gasteiger partial charge is 0.248 e. The Morgan fingerprint density at radius 1 is 0.385 bits per heavy atom. The lowest BCUT2D eigenvalue weighted by molar-refractivity contribution is 1.07. The van der Waals surface area contributed by atoms with E-state index in [9.17, 15) is 0 Å². The third-order valence-electron chi connectivity index (χ3n) is 9.34. The fourth-order valence-corrected chi connectivity index (χ4v) is 6.68. The lowest BCUT2D eigenvalue weighted by Crippen LogP contribution is -2.00. The third-order valence-corrected chi connectivity index (χ3v) is 9.34. The Hall–Kier alpha value is -7.29. The number of rotatable bonds is 6. The van der Waals surface area contributed by atoms with Crippen LogP contribution in [0.25, 0.3) is 94.2 Å². The van der Waals surface area contributed by atoms with Crippen molar-refractivity contribution in [3.05, 3.63) is 187 Å². The molecule has 2 aromatic heterocycles. The molecule has 0 amide bonds. The molecule has 2 heterocycles. The first kappa shape index (κ1) is 30.7. The van der Waals surface area contributed by atoms with E-state index in [1.54, 1.807) is 0 Å². The molecule has 242 valence electrons. The smallest absolute Gasteiger partial charge is 0.187 e. The Bertz CT molecular complexity index is 2700. The van der Waals surface area contributed by atoms with Gasteiger partial charge in [0.15, 0.2) is 23.2 Å². The van der Waals surface area contributed by atoms with Gasteiger partial charge in [0.2, 0.25) is 0 Å². The number of hydrogen-bond acceptors (Lipinski definition) is 4. The van der Waals surface area contributed by atoms with Gasteiger partial charge in [0.1, 0.15) is 0 Å². The zero-order chi connectivity index (χ0) is 34.9. The summed E-state index contributed by atoms with van der Waals surface area (Å²) in [5.74, 6) is 1.90. The summed E-state index contributed by atoms with van der Waals surface area (Å²) >= 11 is 0. The third kappa shape index (κ3) is 5.85. The number of pyridine rings is 1. The van der Waals surface area contributed by atoms with E-state index in [0.717, 1.165) is 71.9 Å². The number of aromatic nitrogens is 4. The van der Waals surface area contributed by atoms with Gasteiger partial charge in [-0.15, -0.1) is 0 Å². The minimum Gasteiger partial charge on any atom is -0.248 e. The summed E-state index contributed by atoms with van der Waals surface area (Å²) in [7, 11) is 0. The molecule has 5 heteroatoms. The van der Waals surface area contributed by atoms with Gasteiger partial charge in [-0.2, -0.15) is 0 Å². The molecule has 7 aromatic carbocycles. The minimum absolute atomic E-state index is 0.616. The second kappa shape index (κ2) is 13.2. The Balaban J connectivity index is 1.16. The molecule has 9 aromatic rings. The minimum atomic E-state index is 0.616. The van der Waals surface area contributed by atoms with Crippen molar-refractivity contribution < 1.29 is 0 Å². The van der Waals surface area contributed by atoms with Gasteiger partial charge in [0, 0.05) is 27.6 Å². The van der Waals surface area contributed by atoms with Crippen molar-refractivity contribution in [3.8, 4) is 67.7 Å². The molecule has 0 aliphatic rings. The summed E-state index contributed by atoms with van der Waals surface area (Å²) < 4.78 is 0. The Morgan fingerprint density at radius 3 is 1.44 bits per heavy atom. The van der Waals surface area contributed by atoms with Crippen LogP contribution in [-0.4, -0.2) is 19.9 Å². The average Bonchev–Trinajstić information content (AvgIpc) is 3.24. The molecule has 0 atom stereocenters. The van der Waals surface area contributed by atoms with E-state index in [1.807, 2.05) is 103 Å². The van der Waals surface area contributed by atoms with Crippen LogP contribution < -0.4 is 0 Å². The standard InChI is InChI=1S/C47H29N5/c1-48-39-26-23-33(24-27-39)41-30-43(34-11-5-2-6-12-34)49-42-28-25-32-19-22-38(29-40(32)44(41)42)31-17-20-37(21-18-31)47-51-45(35-13-7-3-8-14-35)50-46(52-47)36-15-9-4-10-16-36/h2-30H. The summed E-state index contributed by atoms with van der Waals surface area (Å²) in [6.07, 6.45) is 0. The van der Waals surface area contributed by atoms with Crippen molar-refractivity contribution in [2.75, 3.05) is 0 Å². The van der Waals surface area contributed by atoms with Gasteiger partial charge in [0.05, 0.1) is 17.8 Å². The highest BCUT2D eigenvalue weighted by atomic mass is 15.0. The summed E-state index contributed by atoms with van der Waals surface area (Å²) in [5, 5.41) is 3.33. The molecule has 0 bridgehead atoms. The Morgan fingerprint density at radius 2 is 0.865 bits per heavy atom. The van der Waals surface area contributed by atoms with Crippen LogP contribution in [0, 0.1) is 6.57 Å². The van der Waals surface area contributed by atoms with E-state index in [1.165, 1.54) is 0 Å². The highest BCUT2D eigenvalue weighted by molar-refractivity contribution is 6.14. The fourth-order valence-electron chi connectivity index (χ4n) is 6.68. The molecule has 0 saturated carbocycles. The van der Waals surface area contributed by atoms with Crippen LogP contribution in [0.4, 0.5) is 5.69 Å². The SMILES string of the molecule is [C-]#[N+]c1ccc(-c2cc(-c3ccccc3)nc3ccc4ccc(-c5ccc(-c6nc(-c7ccccc7)nc(-c7ccccc7)n6)cc5)cc4c23)cc1. The van der Waals surface area contributed by atoms with Crippen molar-refractivity contribution in [1.29, 1.82) is 0 Å². The molecule has 0 aliphatic heterocycles. The van der Waals surface area contributed by atoms with Crippen molar-refractivity contribution in [2.24, 2.45) is 0 Å². The van der Waals surface area contributed by atoms with Crippen LogP contribution in [0.3, 0.4) is 0 Å². The molecule has 0 radical (unpaired) electrons. The highest BCUT2D eigenvalue weighted by Gasteiger charge is 2.15. The lowest BCUT2D eigenvalue weighted by atomic mass is 9.92. The van der Waals surface area contributed by atoms with Gasteiger partial charge < -0.3 is 0 Å². The second-order valence-electron chi connectivity index (χ2n) is 12.6. The second-order valence-corrected chi connectivity index (χ2v) is 12.6. The summed E-state index contributed by atoms with van der Waals surface area (Å²) in [4.78, 5) is 23.4. The van der Waals surface area contributed by atoms with E-state index < -0.39 is 0 Å². The van der Waals surface area contributed by atoms with E-state index >= 15 is 0 Å². The quantitative estimate of drug-likeness (QED) is 0.131. The van der Waals surface area contributed by atoms with Crippen LogP contribution >= 0.6 is 0 Å². The van der Waals surface area contributed by atoms with Crippen LogP contribution in [0.5, 0.6) is 0 Å². The highest BCUT2D eigenvalue weighted by Crippen LogP contribution is 2.39. The molecule has 0 spiro atoms. The maximum atomic E-state index is 7.47. The topological polar surface area (TPSA) is 55.9 Å². The van der Waals surface area contributed by atoms with E-state index in [-0.39, 0.29) is 0 Å². The maximum absolute atomic E-state index is 7.47. The zero-order valence-electron chi connectivity index (χ0n) is 28.0. The molecular formula is C47H29N5. The molecule has 0 saturated heterocycles. The number of benzene rings is 7. The van der Waals surface area contributed by atoms with Crippen molar-refractivity contribution >= 4 is 27.4 Å². The van der Waals surface area contributed by atoms with E-state index in [2.05, 4.69) is 77.6 Å². The number of nitrogens with zero attached hydrogens (tertiary/aromatic N) is 5. The first-order valence-corrected chi connectivity index (χ1v) is 17.1. The van der Waals surface area contributed by atoms with E-state index in [0.29, 0.717) is 23.2 Å². The molecular weight excluding hydrogens is 635 g/mol. The lowest BCUT2D eigenvalue weighted by Gasteiger charge is -2.14. The summed E-state index contributed by atoms with van der Waals surface area (Å²) in [6, 6.07) is 59.6. The molecule has 0 N–H and O–H groups in total. The monoisotopic (exact) mass is 663 g/mol. The van der Waals surface area contributed by atoms with Gasteiger partial charge in [0.25, 0.3) is 0 Å². The van der Waals surface area contributed by atoms with Gasteiger partial charge in [-0.3, -0.25) is 0 Å². The normalized spacial score (nSPS) is 11.1. The van der Waals surface area contributed by atoms with Crippen molar-refractivity contribution in [2.45, 2.75) is 0 Å². The molecule has 9 rings (SSSR count). The Kier molecular flexibility index (Phi) is 7.81. The number of fused-ring (bicyclic) bond motifs is 3. The van der Waals surface area contributed by atoms with Gasteiger partial charge in [-0.1, -0.05) is 158 Å². The molecule has 0 fully saturated rings. The zero-order valence-corrected chi connectivity index (χ0v) is 28.0. The molecule has 5 nitrogen and oxygen atoms in total. The van der Waals surface area contributed by atoms with Crippen LogP contribution in [0.1, 0.15) is 0 Å². The van der Waals surface area contributed by atoms with Crippen LogP contribution in [0.15, 0.2) is 176 Å². The first-order valence-electron chi connectivity index (χ1n) is 17.1. The molecule has 0 unspecified atom stereocenters. The molecule has 52 heavy (non-hydrogen) atoms. The predicted molar refractivity (Wildman–Crippen MR) is 212 cm³/mol. The van der Waals surface area contributed by atoms with Gasteiger partial charge >= 0.3 is 0 Å². The first-order chi connectivity index (χ1) is 25.7. The van der Waals surface area contributed by atoms with Crippen molar-refractivity contribution in [3.63, 3.8) is 0 Å². The van der Waals surface area contributed by atoms with Gasteiger partial charge in [-0.25, -0.2) is 24.8 Å². The van der Waals surface area contributed by atoms with Crippen LogP contribution in [0.2, 0.25) is 0 Å². The predicted octanol–water partition coefficient (Wildman–Crippen LogP) is 12.1.